The first kappa shape index (κ1) is 8.15. The van der Waals surface area contributed by atoms with E-state index in [-0.39, 0.29) is 0 Å². The fourth-order valence-electron chi connectivity index (χ4n) is 0.530. The first-order chi connectivity index (χ1) is 4.35. The molecule has 0 rings (SSSR count). The lowest BCUT2D eigenvalue weighted by Crippen LogP contribution is -1.87. The molecule has 0 aromatic heterocycles. The van der Waals surface area contributed by atoms with Crippen molar-refractivity contribution in [2.45, 2.75) is 13.3 Å². The summed E-state index contributed by atoms with van der Waals surface area (Å²) in [6, 6.07) is 0. The summed E-state index contributed by atoms with van der Waals surface area (Å²) in [7, 11) is 1.80. The van der Waals surface area contributed by atoms with Crippen molar-refractivity contribution in [2.24, 2.45) is 4.99 Å². The van der Waals surface area contributed by atoms with Crippen LogP contribution in [0.3, 0.4) is 0 Å². The molecule has 1 heteroatoms. The van der Waals surface area contributed by atoms with Gasteiger partial charge < -0.3 is 0 Å². The molecule has 0 amide bonds. The topological polar surface area (TPSA) is 12.4 Å². The monoisotopic (exact) mass is 123 g/mol. The molecule has 9 heavy (non-hydrogen) atoms. The number of aliphatic imine (C=N–C) groups is 1. The maximum absolute atomic E-state index is 4.03. The molecular formula is C8H13N. The molecule has 50 valence electrons. The van der Waals surface area contributed by atoms with Crippen molar-refractivity contribution in [3.05, 3.63) is 24.8 Å². The number of rotatable bonds is 3. The molecule has 0 aliphatic rings. The molecule has 0 unspecified atom stereocenters. The first-order valence-electron chi connectivity index (χ1n) is 3.10. The van der Waals surface area contributed by atoms with E-state index in [0.717, 1.165) is 12.1 Å². The van der Waals surface area contributed by atoms with E-state index in [9.17, 15) is 0 Å². The van der Waals surface area contributed by atoms with Crippen LogP contribution in [0.25, 0.3) is 0 Å². The van der Waals surface area contributed by atoms with E-state index in [4.69, 9.17) is 0 Å². The standard InChI is InChI=1S/C8H13N/c1-4-6-7-8(5-2)9-3/h4,6-7H,1,5H2,2-3H3/b7-6-,9-8?. The van der Waals surface area contributed by atoms with Crippen LogP contribution >= 0.6 is 0 Å². The zero-order valence-electron chi connectivity index (χ0n) is 6.09. The van der Waals surface area contributed by atoms with Crippen molar-refractivity contribution >= 4 is 5.71 Å². The predicted octanol–water partition coefficient (Wildman–Crippen LogP) is 2.21. The van der Waals surface area contributed by atoms with Crippen LogP contribution in [-0.2, 0) is 0 Å². The highest BCUT2D eigenvalue weighted by Crippen LogP contribution is 1.86. The Bertz CT molecular complexity index is 132. The van der Waals surface area contributed by atoms with Crippen LogP contribution in [0.4, 0.5) is 0 Å². The summed E-state index contributed by atoms with van der Waals surface area (Å²) < 4.78 is 0. The minimum absolute atomic E-state index is 0.987. The van der Waals surface area contributed by atoms with Gasteiger partial charge in [-0.3, -0.25) is 4.99 Å². The first-order valence-corrected chi connectivity index (χ1v) is 3.10. The lowest BCUT2D eigenvalue weighted by atomic mass is 10.2. The van der Waals surface area contributed by atoms with Gasteiger partial charge in [-0.1, -0.05) is 25.7 Å². The van der Waals surface area contributed by atoms with Gasteiger partial charge in [0.25, 0.3) is 0 Å². The normalized spacial score (nSPS) is 12.4. The predicted molar refractivity (Wildman–Crippen MR) is 43.0 cm³/mol. The van der Waals surface area contributed by atoms with Crippen LogP contribution in [-0.4, -0.2) is 12.8 Å². The summed E-state index contributed by atoms with van der Waals surface area (Å²) in [6.45, 7) is 5.64. The van der Waals surface area contributed by atoms with E-state index in [1.165, 1.54) is 0 Å². The van der Waals surface area contributed by atoms with Gasteiger partial charge in [0.2, 0.25) is 0 Å². The lowest BCUT2D eigenvalue weighted by molar-refractivity contribution is 1.26. The van der Waals surface area contributed by atoms with E-state index >= 15 is 0 Å². The number of hydrogen-bond donors (Lipinski definition) is 0. The number of nitrogens with zero attached hydrogens (tertiary/aromatic N) is 1. The molecule has 0 aliphatic heterocycles. The van der Waals surface area contributed by atoms with Crippen molar-refractivity contribution in [1.82, 2.24) is 0 Å². The van der Waals surface area contributed by atoms with Gasteiger partial charge in [0.15, 0.2) is 0 Å². The van der Waals surface area contributed by atoms with E-state index in [1.807, 2.05) is 12.2 Å². The second-order valence-corrected chi connectivity index (χ2v) is 1.66. The maximum atomic E-state index is 4.03. The van der Waals surface area contributed by atoms with Gasteiger partial charge in [-0.15, -0.1) is 0 Å². The Morgan fingerprint density at radius 3 is 2.67 bits per heavy atom. The molecule has 1 nitrogen and oxygen atoms in total. The second kappa shape index (κ2) is 5.29. The van der Waals surface area contributed by atoms with E-state index in [1.54, 1.807) is 13.1 Å². The van der Waals surface area contributed by atoms with E-state index in [2.05, 4.69) is 18.5 Å². The third kappa shape index (κ3) is 3.71. The van der Waals surface area contributed by atoms with Gasteiger partial charge in [-0.2, -0.15) is 0 Å². The van der Waals surface area contributed by atoms with Gasteiger partial charge in [0, 0.05) is 12.8 Å². The quantitative estimate of drug-likeness (QED) is 0.403. The van der Waals surface area contributed by atoms with E-state index in [0.29, 0.717) is 0 Å². The van der Waals surface area contributed by atoms with Gasteiger partial charge >= 0.3 is 0 Å². The maximum Gasteiger partial charge on any atom is 0.0342 e. The molecule has 0 heterocycles. The van der Waals surface area contributed by atoms with Crippen molar-refractivity contribution < 1.29 is 0 Å². The summed E-state index contributed by atoms with van der Waals surface area (Å²) in [5.74, 6) is 0. The fraction of sp³-hybridized carbons (Fsp3) is 0.375. The Balaban J connectivity index is 3.84. The third-order valence-electron chi connectivity index (χ3n) is 1.07. The fourth-order valence-corrected chi connectivity index (χ4v) is 0.530. The van der Waals surface area contributed by atoms with Crippen molar-refractivity contribution in [3.63, 3.8) is 0 Å². The Morgan fingerprint density at radius 1 is 1.67 bits per heavy atom. The molecule has 0 atom stereocenters. The Kier molecular flexibility index (Phi) is 4.79. The number of hydrogen-bond acceptors (Lipinski definition) is 1. The van der Waals surface area contributed by atoms with Crippen LogP contribution in [0.5, 0.6) is 0 Å². The van der Waals surface area contributed by atoms with Crippen LogP contribution in [0.1, 0.15) is 13.3 Å². The summed E-state index contributed by atoms with van der Waals surface area (Å²) in [5, 5.41) is 0. The highest BCUT2D eigenvalue weighted by atomic mass is 14.7. The number of allylic oxidation sites excluding steroid dienone is 3. The van der Waals surface area contributed by atoms with Gasteiger partial charge in [-0.25, -0.2) is 0 Å². The molecule has 0 bridgehead atoms. The molecule has 0 aromatic carbocycles. The smallest absolute Gasteiger partial charge is 0.0342 e. The van der Waals surface area contributed by atoms with Gasteiger partial charge in [0.05, 0.1) is 0 Å². The molecule has 0 fully saturated rings. The molecular weight excluding hydrogens is 110 g/mol. The molecule has 0 aliphatic carbocycles. The minimum Gasteiger partial charge on any atom is -0.293 e. The van der Waals surface area contributed by atoms with Crippen LogP contribution in [0, 0.1) is 0 Å². The van der Waals surface area contributed by atoms with E-state index < -0.39 is 0 Å². The molecule has 0 saturated heterocycles. The summed E-state index contributed by atoms with van der Waals surface area (Å²) >= 11 is 0. The van der Waals surface area contributed by atoms with Gasteiger partial charge in [0.1, 0.15) is 0 Å². The van der Waals surface area contributed by atoms with Crippen molar-refractivity contribution in [3.8, 4) is 0 Å². The largest absolute Gasteiger partial charge is 0.293 e. The average Bonchev–Trinajstić information content (AvgIpc) is 1.91. The Labute approximate surface area is 56.8 Å². The summed E-state index contributed by atoms with van der Waals surface area (Å²) in [5.41, 5.74) is 1.11. The highest BCUT2D eigenvalue weighted by Gasteiger charge is 1.82. The summed E-state index contributed by atoms with van der Waals surface area (Å²) in [4.78, 5) is 4.03. The average molecular weight is 123 g/mol. The van der Waals surface area contributed by atoms with Gasteiger partial charge in [-0.05, 0) is 12.5 Å². The van der Waals surface area contributed by atoms with Crippen molar-refractivity contribution in [2.75, 3.05) is 7.05 Å². The molecule has 0 aromatic rings. The molecule has 0 radical (unpaired) electrons. The van der Waals surface area contributed by atoms with Crippen LogP contribution in [0.2, 0.25) is 0 Å². The molecule has 0 spiro atoms. The molecule has 0 N–H and O–H groups in total. The second-order valence-electron chi connectivity index (χ2n) is 1.66. The zero-order valence-corrected chi connectivity index (χ0v) is 6.09. The highest BCUT2D eigenvalue weighted by molar-refractivity contribution is 5.94. The Morgan fingerprint density at radius 2 is 2.33 bits per heavy atom. The lowest BCUT2D eigenvalue weighted by Gasteiger charge is -1.89. The summed E-state index contributed by atoms with van der Waals surface area (Å²) in [6.07, 6.45) is 6.60. The molecule has 0 saturated carbocycles. The third-order valence-corrected chi connectivity index (χ3v) is 1.07. The Hall–Kier alpha value is -0.850. The van der Waals surface area contributed by atoms with Crippen LogP contribution in [0.15, 0.2) is 29.8 Å². The minimum atomic E-state index is 0.987. The van der Waals surface area contributed by atoms with Crippen LogP contribution < -0.4 is 0 Å². The SMILES string of the molecule is C=C/C=C\C(CC)=NC. The van der Waals surface area contributed by atoms with Crippen molar-refractivity contribution in [1.29, 1.82) is 0 Å². The zero-order chi connectivity index (χ0) is 7.11.